The maximum absolute atomic E-state index is 11.1. The Morgan fingerprint density at radius 2 is 2.05 bits per heavy atom. The summed E-state index contributed by atoms with van der Waals surface area (Å²) < 4.78 is 0. The summed E-state index contributed by atoms with van der Waals surface area (Å²) in [6, 6.07) is 7.23. The average Bonchev–Trinajstić information content (AvgIpc) is 2.70. The zero-order valence-corrected chi connectivity index (χ0v) is 13.1. The van der Waals surface area contributed by atoms with Crippen LogP contribution < -0.4 is 5.32 Å². The molecule has 0 fully saturated rings. The molecule has 1 aromatic heterocycles. The second-order valence-electron chi connectivity index (χ2n) is 4.73. The minimum Gasteiger partial charge on any atom is -0.478 e. The van der Waals surface area contributed by atoms with Crippen molar-refractivity contribution in [2.75, 3.05) is 5.32 Å². The van der Waals surface area contributed by atoms with E-state index in [1.165, 1.54) is 15.3 Å². The summed E-state index contributed by atoms with van der Waals surface area (Å²) in [5.41, 5.74) is 2.10. The Bertz CT molecular complexity index is 651. The third kappa shape index (κ3) is 3.14. The number of carboxylic acid groups (broad SMARTS) is 1. The van der Waals surface area contributed by atoms with Gasteiger partial charge >= 0.3 is 5.97 Å². The number of carboxylic acids is 1. The van der Waals surface area contributed by atoms with Crippen LogP contribution in [0.15, 0.2) is 24.3 Å². The zero-order chi connectivity index (χ0) is 14.9. The molecule has 0 aliphatic carbocycles. The van der Waals surface area contributed by atoms with Crippen molar-refractivity contribution < 1.29 is 9.90 Å². The average molecular weight is 310 g/mol. The highest BCUT2D eigenvalue weighted by Gasteiger charge is 2.13. The van der Waals surface area contributed by atoms with Crippen molar-refractivity contribution in [2.45, 2.75) is 26.8 Å². The summed E-state index contributed by atoms with van der Waals surface area (Å²) in [6.07, 6.45) is 0. The van der Waals surface area contributed by atoms with E-state index in [1.807, 2.05) is 0 Å². The SMILES string of the molecule is Cc1cc(C(C)Nc2ccc(Cl)c(C(=O)O)c2)c(C)s1. The van der Waals surface area contributed by atoms with E-state index < -0.39 is 5.97 Å². The fourth-order valence-electron chi connectivity index (χ4n) is 2.19. The summed E-state index contributed by atoms with van der Waals surface area (Å²) >= 11 is 7.63. The van der Waals surface area contributed by atoms with Gasteiger partial charge in [-0.25, -0.2) is 4.79 Å². The molecule has 0 radical (unpaired) electrons. The van der Waals surface area contributed by atoms with Gasteiger partial charge in [0.2, 0.25) is 0 Å². The maximum atomic E-state index is 11.1. The predicted octanol–water partition coefficient (Wildman–Crippen LogP) is 4.89. The number of aromatic carboxylic acids is 1. The lowest BCUT2D eigenvalue weighted by atomic mass is 10.1. The molecule has 5 heteroatoms. The normalized spacial score (nSPS) is 12.2. The van der Waals surface area contributed by atoms with Crippen LogP contribution in [0.1, 0.15) is 38.6 Å². The minimum atomic E-state index is -1.02. The third-order valence-electron chi connectivity index (χ3n) is 3.13. The number of hydrogen-bond acceptors (Lipinski definition) is 3. The Balaban J connectivity index is 2.24. The quantitative estimate of drug-likeness (QED) is 0.845. The minimum absolute atomic E-state index is 0.113. The van der Waals surface area contributed by atoms with Crippen molar-refractivity contribution in [2.24, 2.45) is 0 Å². The molecule has 1 heterocycles. The first-order valence-corrected chi connectivity index (χ1v) is 7.44. The third-order valence-corrected chi connectivity index (χ3v) is 4.44. The lowest BCUT2D eigenvalue weighted by Gasteiger charge is -2.16. The van der Waals surface area contributed by atoms with Crippen LogP contribution in [0, 0.1) is 13.8 Å². The summed E-state index contributed by atoms with van der Waals surface area (Å²) in [5.74, 6) is -1.02. The van der Waals surface area contributed by atoms with Crippen LogP contribution in [0.3, 0.4) is 0 Å². The summed E-state index contributed by atoms with van der Waals surface area (Å²) in [7, 11) is 0. The molecular weight excluding hydrogens is 294 g/mol. The van der Waals surface area contributed by atoms with Gasteiger partial charge in [-0.2, -0.15) is 0 Å². The van der Waals surface area contributed by atoms with E-state index in [0.29, 0.717) is 0 Å². The molecule has 0 aliphatic rings. The van der Waals surface area contributed by atoms with Gasteiger partial charge in [-0.3, -0.25) is 0 Å². The lowest BCUT2D eigenvalue weighted by Crippen LogP contribution is -2.08. The highest BCUT2D eigenvalue weighted by Crippen LogP contribution is 2.29. The molecule has 1 aromatic carbocycles. The van der Waals surface area contributed by atoms with Crippen molar-refractivity contribution in [3.05, 3.63) is 50.2 Å². The van der Waals surface area contributed by atoms with Gasteiger partial charge in [0.15, 0.2) is 0 Å². The molecule has 2 N–H and O–H groups in total. The first kappa shape index (κ1) is 14.9. The van der Waals surface area contributed by atoms with E-state index in [4.69, 9.17) is 16.7 Å². The number of hydrogen-bond donors (Lipinski definition) is 2. The second-order valence-corrected chi connectivity index (χ2v) is 6.60. The van der Waals surface area contributed by atoms with Crippen LogP contribution in [-0.4, -0.2) is 11.1 Å². The highest BCUT2D eigenvalue weighted by atomic mass is 35.5. The second kappa shape index (κ2) is 5.85. The molecule has 0 amide bonds. The number of carbonyl (C=O) groups is 1. The molecule has 0 aliphatic heterocycles. The molecule has 20 heavy (non-hydrogen) atoms. The molecule has 0 bridgehead atoms. The van der Waals surface area contributed by atoms with Crippen molar-refractivity contribution in [3.8, 4) is 0 Å². The van der Waals surface area contributed by atoms with E-state index in [-0.39, 0.29) is 16.6 Å². The number of anilines is 1. The highest BCUT2D eigenvalue weighted by molar-refractivity contribution is 7.12. The van der Waals surface area contributed by atoms with Crippen LogP contribution in [-0.2, 0) is 0 Å². The van der Waals surface area contributed by atoms with Gasteiger partial charge < -0.3 is 10.4 Å². The van der Waals surface area contributed by atoms with Gasteiger partial charge in [-0.05, 0) is 50.6 Å². The smallest absolute Gasteiger partial charge is 0.337 e. The zero-order valence-electron chi connectivity index (χ0n) is 11.5. The van der Waals surface area contributed by atoms with E-state index in [2.05, 4.69) is 32.2 Å². The summed E-state index contributed by atoms with van der Waals surface area (Å²) in [5, 5.41) is 12.6. The molecule has 106 valence electrons. The molecule has 0 saturated heterocycles. The van der Waals surface area contributed by atoms with Gasteiger partial charge in [-0.1, -0.05) is 11.6 Å². The van der Waals surface area contributed by atoms with Crippen LogP contribution in [0.4, 0.5) is 5.69 Å². The van der Waals surface area contributed by atoms with Gasteiger partial charge in [-0.15, -0.1) is 11.3 Å². The lowest BCUT2D eigenvalue weighted by molar-refractivity contribution is 0.0697. The van der Waals surface area contributed by atoms with Crippen LogP contribution in [0.5, 0.6) is 0 Å². The summed E-state index contributed by atoms with van der Waals surface area (Å²) in [4.78, 5) is 13.6. The van der Waals surface area contributed by atoms with Crippen LogP contribution in [0.25, 0.3) is 0 Å². The molecule has 0 saturated carbocycles. The fourth-order valence-corrected chi connectivity index (χ4v) is 3.41. The summed E-state index contributed by atoms with van der Waals surface area (Å²) in [6.45, 7) is 6.23. The van der Waals surface area contributed by atoms with E-state index in [0.717, 1.165) is 5.69 Å². The number of benzene rings is 1. The van der Waals surface area contributed by atoms with Gasteiger partial charge in [0, 0.05) is 21.5 Å². The number of halogens is 1. The molecular formula is C15H16ClNO2S. The Morgan fingerprint density at radius 3 is 2.60 bits per heavy atom. The van der Waals surface area contributed by atoms with Crippen molar-refractivity contribution in [1.82, 2.24) is 0 Å². The molecule has 3 nitrogen and oxygen atoms in total. The van der Waals surface area contributed by atoms with E-state index >= 15 is 0 Å². The van der Waals surface area contributed by atoms with Gasteiger partial charge in [0.1, 0.15) is 0 Å². The number of nitrogens with one attached hydrogen (secondary N) is 1. The Morgan fingerprint density at radius 1 is 1.35 bits per heavy atom. The van der Waals surface area contributed by atoms with Crippen molar-refractivity contribution >= 4 is 34.6 Å². The topological polar surface area (TPSA) is 49.3 Å². The predicted molar refractivity (Wildman–Crippen MR) is 84.2 cm³/mol. The molecule has 1 atom stereocenters. The van der Waals surface area contributed by atoms with Gasteiger partial charge in [0.25, 0.3) is 0 Å². The first-order chi connectivity index (χ1) is 9.38. The number of thiophene rings is 1. The van der Waals surface area contributed by atoms with E-state index in [9.17, 15) is 4.79 Å². The Kier molecular flexibility index (Phi) is 4.35. The van der Waals surface area contributed by atoms with Crippen LogP contribution in [0.2, 0.25) is 5.02 Å². The Hall–Kier alpha value is -1.52. The number of aryl methyl sites for hydroxylation is 2. The molecule has 1 unspecified atom stereocenters. The van der Waals surface area contributed by atoms with E-state index in [1.54, 1.807) is 29.5 Å². The molecule has 2 aromatic rings. The van der Waals surface area contributed by atoms with Crippen LogP contribution >= 0.6 is 22.9 Å². The fraction of sp³-hybridized carbons (Fsp3) is 0.267. The number of rotatable bonds is 4. The maximum Gasteiger partial charge on any atom is 0.337 e. The molecule has 0 spiro atoms. The van der Waals surface area contributed by atoms with Gasteiger partial charge in [0.05, 0.1) is 10.6 Å². The first-order valence-electron chi connectivity index (χ1n) is 6.25. The Labute approximate surface area is 127 Å². The monoisotopic (exact) mass is 309 g/mol. The standard InChI is InChI=1S/C15H16ClNO2S/c1-8-6-12(10(3)20-8)9(2)17-11-4-5-14(16)13(7-11)15(18)19/h4-7,9,17H,1-3H3,(H,18,19). The largest absolute Gasteiger partial charge is 0.478 e. The molecule has 2 rings (SSSR count). The van der Waals surface area contributed by atoms with Crippen molar-refractivity contribution in [3.63, 3.8) is 0 Å². The van der Waals surface area contributed by atoms with Crippen molar-refractivity contribution in [1.29, 1.82) is 0 Å².